The van der Waals surface area contributed by atoms with E-state index in [9.17, 15) is 9.59 Å². The van der Waals surface area contributed by atoms with E-state index in [0.29, 0.717) is 5.69 Å². The average molecular weight is 412 g/mol. The normalized spacial score (nSPS) is 16.2. The Morgan fingerprint density at radius 3 is 2.60 bits per heavy atom. The van der Waals surface area contributed by atoms with Crippen LogP contribution in [-0.4, -0.2) is 44.1 Å². The van der Waals surface area contributed by atoms with Gasteiger partial charge in [0.2, 0.25) is 5.91 Å². The maximum Gasteiger partial charge on any atom is 0.325 e. The maximum atomic E-state index is 12.5. The Kier molecular flexibility index (Phi) is 6.95. The van der Waals surface area contributed by atoms with E-state index in [2.05, 4.69) is 15.5 Å². The topological polar surface area (TPSA) is 79.9 Å². The fourth-order valence-electron chi connectivity index (χ4n) is 3.93. The van der Waals surface area contributed by atoms with Crippen molar-refractivity contribution in [2.24, 2.45) is 0 Å². The summed E-state index contributed by atoms with van der Waals surface area (Å²) < 4.78 is 10.9. The molecule has 160 valence electrons. The fraction of sp³-hybridized carbons (Fsp3) is 0.391. The summed E-state index contributed by atoms with van der Waals surface area (Å²) >= 11 is 0. The van der Waals surface area contributed by atoms with E-state index in [1.807, 2.05) is 50.2 Å². The standard InChI is InChI=1S/C23H29N3O4/c1-15-7-9-19(16(2)12-15)24-23(28)25-22(27)14-26-11-5-6-20(26)18-13-17(29-3)8-10-21(18)30-4/h7-10,12-13,20H,5-6,11,14H2,1-4H3,(H2,24,25,27,28)/t20-/m0/s1. The second-order valence-electron chi connectivity index (χ2n) is 7.56. The van der Waals surface area contributed by atoms with Crippen LogP contribution in [0, 0.1) is 13.8 Å². The van der Waals surface area contributed by atoms with Crippen molar-refractivity contribution < 1.29 is 19.1 Å². The van der Waals surface area contributed by atoms with Crippen LogP contribution in [-0.2, 0) is 4.79 Å². The summed E-state index contributed by atoms with van der Waals surface area (Å²) in [5.41, 5.74) is 3.73. The molecule has 2 aromatic rings. The third kappa shape index (κ3) is 5.10. The summed E-state index contributed by atoms with van der Waals surface area (Å²) in [5, 5.41) is 5.18. The summed E-state index contributed by atoms with van der Waals surface area (Å²) in [5.74, 6) is 1.17. The van der Waals surface area contributed by atoms with Crippen LogP contribution in [0.15, 0.2) is 36.4 Å². The van der Waals surface area contributed by atoms with Crippen LogP contribution < -0.4 is 20.1 Å². The van der Waals surface area contributed by atoms with Gasteiger partial charge in [-0.05, 0) is 63.1 Å². The lowest BCUT2D eigenvalue weighted by molar-refractivity contribution is -0.121. The fourth-order valence-corrected chi connectivity index (χ4v) is 3.93. The first-order valence-electron chi connectivity index (χ1n) is 10.1. The van der Waals surface area contributed by atoms with Gasteiger partial charge in [0, 0.05) is 17.3 Å². The minimum Gasteiger partial charge on any atom is -0.497 e. The van der Waals surface area contributed by atoms with Gasteiger partial charge < -0.3 is 14.8 Å². The number of anilines is 1. The van der Waals surface area contributed by atoms with Crippen LogP contribution >= 0.6 is 0 Å². The number of nitrogens with one attached hydrogen (secondary N) is 2. The van der Waals surface area contributed by atoms with Crippen molar-refractivity contribution in [1.82, 2.24) is 10.2 Å². The van der Waals surface area contributed by atoms with Crippen molar-refractivity contribution in [3.8, 4) is 11.5 Å². The molecule has 1 aliphatic rings. The van der Waals surface area contributed by atoms with E-state index in [1.165, 1.54) is 0 Å². The van der Waals surface area contributed by atoms with Gasteiger partial charge in [-0.3, -0.25) is 15.0 Å². The third-order valence-electron chi connectivity index (χ3n) is 5.39. The van der Waals surface area contributed by atoms with Gasteiger partial charge in [0.05, 0.1) is 20.8 Å². The largest absolute Gasteiger partial charge is 0.497 e. The molecule has 3 rings (SSSR count). The molecule has 0 unspecified atom stereocenters. The molecule has 0 aromatic heterocycles. The number of imide groups is 1. The lowest BCUT2D eigenvalue weighted by Crippen LogP contribution is -2.41. The third-order valence-corrected chi connectivity index (χ3v) is 5.39. The molecule has 30 heavy (non-hydrogen) atoms. The van der Waals surface area contributed by atoms with Gasteiger partial charge in [-0.1, -0.05) is 17.7 Å². The highest BCUT2D eigenvalue weighted by atomic mass is 16.5. The Labute approximate surface area is 177 Å². The van der Waals surface area contributed by atoms with Gasteiger partial charge in [0.1, 0.15) is 11.5 Å². The van der Waals surface area contributed by atoms with Gasteiger partial charge in [0.15, 0.2) is 0 Å². The molecule has 0 spiro atoms. The van der Waals surface area contributed by atoms with Crippen LogP contribution in [0.5, 0.6) is 11.5 Å². The predicted octanol–water partition coefficient (Wildman–Crippen LogP) is 3.81. The van der Waals surface area contributed by atoms with Crippen LogP contribution in [0.2, 0.25) is 0 Å². The quantitative estimate of drug-likeness (QED) is 0.756. The Morgan fingerprint density at radius 1 is 1.10 bits per heavy atom. The molecular weight excluding hydrogens is 382 g/mol. The molecular formula is C23H29N3O4. The highest BCUT2D eigenvalue weighted by Crippen LogP contribution is 2.38. The highest BCUT2D eigenvalue weighted by molar-refractivity contribution is 6.02. The number of likely N-dealkylation sites (tertiary alicyclic amines) is 1. The minimum atomic E-state index is -0.526. The molecule has 0 bridgehead atoms. The summed E-state index contributed by atoms with van der Waals surface area (Å²) in [6.07, 6.45) is 1.87. The number of hydrogen-bond acceptors (Lipinski definition) is 5. The first-order chi connectivity index (χ1) is 14.4. The summed E-state index contributed by atoms with van der Waals surface area (Å²) in [7, 11) is 3.26. The zero-order valence-electron chi connectivity index (χ0n) is 18.0. The van der Waals surface area contributed by atoms with Crippen LogP contribution in [0.25, 0.3) is 0 Å². The smallest absolute Gasteiger partial charge is 0.325 e. The summed E-state index contributed by atoms with van der Waals surface area (Å²) in [6.45, 7) is 4.81. The zero-order valence-corrected chi connectivity index (χ0v) is 18.0. The molecule has 7 heteroatoms. The number of carbonyl (C=O) groups excluding carboxylic acids is 2. The van der Waals surface area contributed by atoms with Crippen molar-refractivity contribution in [1.29, 1.82) is 0 Å². The monoisotopic (exact) mass is 411 g/mol. The number of benzene rings is 2. The molecule has 2 aromatic carbocycles. The number of aryl methyl sites for hydroxylation is 2. The molecule has 7 nitrogen and oxygen atoms in total. The number of rotatable bonds is 6. The number of nitrogens with zero attached hydrogens (tertiary/aromatic N) is 1. The van der Waals surface area contributed by atoms with E-state index >= 15 is 0 Å². The number of urea groups is 1. The Hall–Kier alpha value is -3.06. The summed E-state index contributed by atoms with van der Waals surface area (Å²) in [6, 6.07) is 10.9. The van der Waals surface area contributed by atoms with E-state index in [1.54, 1.807) is 14.2 Å². The zero-order chi connectivity index (χ0) is 21.7. The Morgan fingerprint density at radius 2 is 1.90 bits per heavy atom. The highest BCUT2D eigenvalue weighted by Gasteiger charge is 2.30. The van der Waals surface area contributed by atoms with Crippen molar-refractivity contribution >= 4 is 17.6 Å². The molecule has 0 radical (unpaired) electrons. The van der Waals surface area contributed by atoms with E-state index in [-0.39, 0.29) is 18.5 Å². The number of amides is 3. The number of methoxy groups -OCH3 is 2. The van der Waals surface area contributed by atoms with Crippen molar-refractivity contribution in [3.63, 3.8) is 0 Å². The minimum absolute atomic E-state index is 0.0307. The van der Waals surface area contributed by atoms with Gasteiger partial charge in [-0.15, -0.1) is 0 Å². The molecule has 3 amide bonds. The van der Waals surface area contributed by atoms with E-state index in [4.69, 9.17) is 9.47 Å². The second-order valence-corrected chi connectivity index (χ2v) is 7.56. The molecule has 2 N–H and O–H groups in total. The number of carbonyl (C=O) groups is 2. The van der Waals surface area contributed by atoms with Crippen LogP contribution in [0.3, 0.4) is 0 Å². The van der Waals surface area contributed by atoms with Crippen molar-refractivity contribution in [3.05, 3.63) is 53.1 Å². The van der Waals surface area contributed by atoms with Crippen LogP contribution in [0.4, 0.5) is 10.5 Å². The average Bonchev–Trinajstić information content (AvgIpc) is 3.17. The molecule has 1 aliphatic heterocycles. The molecule has 1 saturated heterocycles. The van der Waals surface area contributed by atoms with E-state index < -0.39 is 6.03 Å². The Balaban J connectivity index is 1.64. The van der Waals surface area contributed by atoms with Crippen LogP contribution in [0.1, 0.15) is 35.6 Å². The number of hydrogen-bond donors (Lipinski definition) is 2. The molecule has 0 saturated carbocycles. The molecule has 0 aliphatic carbocycles. The maximum absolute atomic E-state index is 12.5. The first-order valence-corrected chi connectivity index (χ1v) is 10.1. The Bertz CT molecular complexity index is 929. The molecule has 1 atom stereocenters. The molecule has 1 fully saturated rings. The number of ether oxygens (including phenoxy) is 2. The molecule has 1 heterocycles. The van der Waals surface area contributed by atoms with Crippen molar-refractivity contribution in [2.75, 3.05) is 32.6 Å². The lowest BCUT2D eigenvalue weighted by atomic mass is 10.0. The van der Waals surface area contributed by atoms with Gasteiger partial charge in [-0.2, -0.15) is 0 Å². The SMILES string of the molecule is COc1ccc(OC)c([C@@H]2CCCN2CC(=O)NC(=O)Nc2ccc(C)cc2C)c1. The summed E-state index contributed by atoms with van der Waals surface area (Å²) in [4.78, 5) is 26.9. The van der Waals surface area contributed by atoms with Gasteiger partial charge in [0.25, 0.3) is 0 Å². The van der Waals surface area contributed by atoms with Gasteiger partial charge >= 0.3 is 6.03 Å². The lowest BCUT2D eigenvalue weighted by Gasteiger charge is -2.25. The second kappa shape index (κ2) is 9.63. The van der Waals surface area contributed by atoms with E-state index in [0.717, 1.165) is 47.6 Å². The van der Waals surface area contributed by atoms with Gasteiger partial charge in [-0.25, -0.2) is 4.79 Å². The van der Waals surface area contributed by atoms with Crippen molar-refractivity contribution in [2.45, 2.75) is 32.7 Å². The first kappa shape index (κ1) is 21.6. The predicted molar refractivity (Wildman–Crippen MR) is 116 cm³/mol.